The van der Waals surface area contributed by atoms with E-state index in [1.165, 1.54) is 0 Å². The van der Waals surface area contributed by atoms with Crippen LogP contribution in [0.3, 0.4) is 0 Å². The fourth-order valence-corrected chi connectivity index (χ4v) is 0.714. The predicted octanol–water partition coefficient (Wildman–Crippen LogP) is -7.67. The van der Waals surface area contributed by atoms with Gasteiger partial charge in [-0.3, -0.25) is 9.59 Å². The van der Waals surface area contributed by atoms with Crippen molar-refractivity contribution in [2.45, 2.75) is 18.4 Å². The number of carboxylic acids is 3. The molecule has 15 heteroatoms. The van der Waals surface area contributed by atoms with Gasteiger partial charge in [-0.1, -0.05) is 0 Å². The fourth-order valence-electron chi connectivity index (χ4n) is 0.714. The number of aliphatic hydroxyl groups is 1. The van der Waals surface area contributed by atoms with Gasteiger partial charge in [-0.2, -0.15) is 0 Å². The van der Waals surface area contributed by atoms with Gasteiger partial charge in [0.1, 0.15) is 0 Å². The Hall–Kier alpha value is -1.31. The summed E-state index contributed by atoms with van der Waals surface area (Å²) in [4.78, 5) is 30.5. The van der Waals surface area contributed by atoms with Gasteiger partial charge in [0.2, 0.25) is 0 Å². The molecule has 0 aromatic carbocycles. The van der Waals surface area contributed by atoms with Crippen LogP contribution in [0.2, 0.25) is 0 Å². The van der Waals surface area contributed by atoms with Crippen LogP contribution in [0.15, 0.2) is 0 Å². The Morgan fingerprint density at radius 3 is 0.952 bits per heavy atom. The van der Waals surface area contributed by atoms with Crippen molar-refractivity contribution < 1.29 is 73.1 Å². The van der Waals surface area contributed by atoms with Gasteiger partial charge in [0.25, 0.3) is 0 Å². The van der Waals surface area contributed by atoms with Crippen molar-refractivity contribution in [1.29, 1.82) is 0 Å². The summed E-state index contributed by atoms with van der Waals surface area (Å²) in [5, 5.41) is 33.8. The number of hydrogen-bond acceptors (Lipinski definition) is 4. The molecule has 0 saturated heterocycles. The predicted molar refractivity (Wildman–Crippen MR) is 69.5 cm³/mol. The molecule has 0 spiro atoms. The Kier molecular flexibility index (Phi) is 68.1. The molecule has 21 heavy (non-hydrogen) atoms. The van der Waals surface area contributed by atoms with E-state index in [-0.39, 0.29) is 57.2 Å². The molecule has 14 nitrogen and oxygen atoms in total. The van der Waals surface area contributed by atoms with Crippen LogP contribution in [-0.2, 0) is 14.4 Å². The Morgan fingerprint density at radius 1 is 0.667 bits per heavy atom. The zero-order valence-electron chi connectivity index (χ0n) is 9.93. The van der Waals surface area contributed by atoms with Crippen molar-refractivity contribution in [3.05, 3.63) is 0 Å². The zero-order chi connectivity index (χ0) is 10.6. The minimum atomic E-state index is -2.74. The second kappa shape index (κ2) is 23.8. The molecular formula is C6H23LiO14. The van der Waals surface area contributed by atoms with Gasteiger partial charge in [-0.15, -0.1) is 0 Å². The van der Waals surface area contributed by atoms with Crippen molar-refractivity contribution >= 4 is 36.8 Å². The molecule has 18 N–H and O–H groups in total. The summed E-state index contributed by atoms with van der Waals surface area (Å²) < 4.78 is 0. The first-order valence-corrected chi connectivity index (χ1v) is 3.17. The summed E-state index contributed by atoms with van der Waals surface area (Å²) in [7, 11) is 0. The summed E-state index contributed by atoms with van der Waals surface area (Å²) in [6.07, 6.45) is -2.29. The number of aliphatic carboxylic acids is 3. The maximum absolute atomic E-state index is 10.3. The van der Waals surface area contributed by atoms with Crippen molar-refractivity contribution in [3.63, 3.8) is 0 Å². The van der Waals surface area contributed by atoms with Gasteiger partial charge in [-0.05, 0) is 0 Å². The molecule has 0 fully saturated rings. The molecule has 0 heterocycles. The van der Waals surface area contributed by atoms with E-state index in [1.54, 1.807) is 0 Å². The Labute approximate surface area is 129 Å². The third kappa shape index (κ3) is 24.1. The first-order chi connectivity index (χ1) is 5.78. The summed E-state index contributed by atoms with van der Waals surface area (Å²) >= 11 is 0. The van der Waals surface area contributed by atoms with Crippen LogP contribution in [0, 0.1) is 0 Å². The van der Waals surface area contributed by atoms with Crippen LogP contribution in [0.1, 0.15) is 12.8 Å². The molecule has 0 saturated carbocycles. The Balaban J connectivity index is -0.0000000257. The quantitative estimate of drug-likeness (QED) is 0.352. The van der Waals surface area contributed by atoms with Crippen molar-refractivity contribution in [3.8, 4) is 0 Å². The topological polar surface area (TPSA) is 353 Å². The fraction of sp³-hybridized carbons (Fsp3) is 0.500. The third-order valence-corrected chi connectivity index (χ3v) is 1.29. The van der Waals surface area contributed by atoms with E-state index >= 15 is 0 Å². The van der Waals surface area contributed by atoms with Gasteiger partial charge in [-0.25, -0.2) is 4.79 Å². The molecule has 0 aliphatic heterocycles. The average Bonchev–Trinajstić information content (AvgIpc) is 1.82. The van der Waals surface area contributed by atoms with E-state index in [9.17, 15) is 14.4 Å². The second-order valence-electron chi connectivity index (χ2n) is 2.48. The molecule has 0 aromatic rings. The first-order valence-electron chi connectivity index (χ1n) is 3.17. The number of carbonyl (C=O) groups is 3. The second-order valence-corrected chi connectivity index (χ2v) is 2.48. The van der Waals surface area contributed by atoms with E-state index in [4.69, 9.17) is 20.4 Å². The standard InChI is InChI=1S/C6H8O7.Li.7H2O.H/c7-3(8)1-6(13,5(11)12)2-4(9)10;;;;;;;;;/h13H,1-2H2,(H,7,8)(H,9,10)(H,11,12);;7*1H2;. The average molecular weight is 326 g/mol. The molecule has 0 bridgehead atoms. The van der Waals surface area contributed by atoms with Gasteiger partial charge in [0.05, 0.1) is 12.8 Å². The molecule has 0 aliphatic rings. The van der Waals surface area contributed by atoms with E-state index in [1.807, 2.05) is 0 Å². The van der Waals surface area contributed by atoms with Crippen LogP contribution < -0.4 is 0 Å². The summed E-state index contributed by atoms with van der Waals surface area (Å²) in [6.45, 7) is 0. The summed E-state index contributed by atoms with van der Waals surface area (Å²) in [5.74, 6) is -5.02. The van der Waals surface area contributed by atoms with Crippen LogP contribution >= 0.6 is 0 Å². The van der Waals surface area contributed by atoms with Crippen molar-refractivity contribution in [1.82, 2.24) is 0 Å². The van der Waals surface area contributed by atoms with E-state index in [0.29, 0.717) is 0 Å². The monoisotopic (exact) mass is 326 g/mol. The number of rotatable bonds is 5. The third-order valence-electron chi connectivity index (χ3n) is 1.29. The Bertz CT molecular complexity index is 238. The van der Waals surface area contributed by atoms with Crippen molar-refractivity contribution in [2.75, 3.05) is 0 Å². The van der Waals surface area contributed by atoms with E-state index in [2.05, 4.69) is 0 Å². The molecule has 0 atom stereocenters. The number of carboxylic acid groups (broad SMARTS) is 3. The van der Waals surface area contributed by atoms with Crippen LogP contribution in [0.4, 0.5) is 0 Å². The molecule has 0 amide bonds. The number of hydrogen-bond donors (Lipinski definition) is 4. The van der Waals surface area contributed by atoms with Crippen LogP contribution in [-0.4, -0.2) is 101 Å². The normalized spacial score (nSPS) is 6.71. The Morgan fingerprint density at radius 2 is 0.857 bits per heavy atom. The summed E-state index contributed by atoms with van der Waals surface area (Å²) in [5.41, 5.74) is -2.74. The zero-order valence-corrected chi connectivity index (χ0v) is 9.93. The molecular weight excluding hydrogens is 303 g/mol. The van der Waals surface area contributed by atoms with Gasteiger partial charge >= 0.3 is 36.8 Å². The van der Waals surface area contributed by atoms with Crippen molar-refractivity contribution in [2.24, 2.45) is 0 Å². The van der Waals surface area contributed by atoms with Gasteiger partial charge in [0, 0.05) is 0 Å². The maximum atomic E-state index is 10.3. The molecule has 132 valence electrons. The first kappa shape index (κ1) is 60.2. The SMILES string of the molecule is O.O.O.O.O.O.O.O=C(O)CC(O)(CC(=O)O)C(=O)O.[LiH]. The molecule has 0 unspecified atom stereocenters. The summed E-state index contributed by atoms with van der Waals surface area (Å²) in [6, 6.07) is 0. The minimum absolute atomic E-state index is 0. The van der Waals surface area contributed by atoms with E-state index < -0.39 is 36.4 Å². The molecule has 0 rings (SSSR count). The van der Waals surface area contributed by atoms with Gasteiger partial charge < -0.3 is 58.8 Å². The van der Waals surface area contributed by atoms with Crippen LogP contribution in [0.5, 0.6) is 0 Å². The van der Waals surface area contributed by atoms with Crippen LogP contribution in [0.25, 0.3) is 0 Å². The van der Waals surface area contributed by atoms with Gasteiger partial charge in [0.15, 0.2) is 5.60 Å². The molecule has 0 radical (unpaired) electrons. The molecule has 0 aromatic heterocycles. The molecule has 0 aliphatic carbocycles. The van der Waals surface area contributed by atoms with E-state index in [0.717, 1.165) is 0 Å².